The maximum atomic E-state index is 12.5. The lowest BCUT2D eigenvalue weighted by atomic mass is 10.1. The van der Waals surface area contributed by atoms with Crippen LogP contribution in [-0.4, -0.2) is 49.3 Å². The van der Waals surface area contributed by atoms with Gasteiger partial charge in [0.1, 0.15) is 6.61 Å². The highest BCUT2D eigenvalue weighted by molar-refractivity contribution is 7.47. The quantitative estimate of drug-likeness (QED) is 0.0282. The lowest BCUT2D eigenvalue weighted by Crippen LogP contribution is -2.29. The van der Waals surface area contributed by atoms with E-state index >= 15 is 0 Å². The van der Waals surface area contributed by atoms with Gasteiger partial charge in [0.05, 0.1) is 13.2 Å². The Morgan fingerprint density at radius 2 is 0.961 bits per heavy atom. The Bertz CT molecular complexity index is 999. The van der Waals surface area contributed by atoms with E-state index in [4.69, 9.17) is 24.3 Å². The van der Waals surface area contributed by atoms with Crippen molar-refractivity contribution in [2.24, 2.45) is 5.73 Å². The van der Waals surface area contributed by atoms with E-state index in [-0.39, 0.29) is 32.6 Å². The summed E-state index contributed by atoms with van der Waals surface area (Å²) < 4.78 is 32.7. The third-order valence-electron chi connectivity index (χ3n) is 8.39. The van der Waals surface area contributed by atoms with E-state index in [9.17, 15) is 19.0 Å². The van der Waals surface area contributed by atoms with Gasteiger partial charge in [0, 0.05) is 45.1 Å². The molecule has 0 spiro atoms. The van der Waals surface area contributed by atoms with Crippen LogP contribution in [0.1, 0.15) is 194 Å². The number of hydrogen-bond acceptors (Lipinski definition) is 8. The van der Waals surface area contributed by atoms with E-state index in [1.165, 1.54) is 77.0 Å². The van der Waals surface area contributed by atoms with Gasteiger partial charge < -0.3 is 20.1 Å². The van der Waals surface area contributed by atoms with E-state index in [1.54, 1.807) is 0 Å². The van der Waals surface area contributed by atoms with Gasteiger partial charge >= 0.3 is 19.8 Å². The van der Waals surface area contributed by atoms with Crippen LogP contribution < -0.4 is 5.73 Å². The molecule has 51 heavy (non-hydrogen) atoms. The van der Waals surface area contributed by atoms with Crippen LogP contribution in [0.2, 0.25) is 0 Å². The molecular weight excluding hydrogens is 665 g/mol. The van der Waals surface area contributed by atoms with Crippen LogP contribution in [0, 0.1) is 23.7 Å². The van der Waals surface area contributed by atoms with Gasteiger partial charge in [-0.15, -0.1) is 23.7 Å². The molecule has 0 radical (unpaired) electrons. The molecule has 2 atom stereocenters. The van der Waals surface area contributed by atoms with Crippen LogP contribution in [0.3, 0.4) is 0 Å². The van der Waals surface area contributed by atoms with Gasteiger partial charge in [0.2, 0.25) is 0 Å². The summed E-state index contributed by atoms with van der Waals surface area (Å²) in [6.07, 6.45) is 28.4. The molecule has 0 fully saturated rings. The first-order valence-electron chi connectivity index (χ1n) is 20.4. The standard InChI is InChI=1S/C41H74NO8P/c1-3-5-7-9-11-13-15-17-19-21-23-25-27-29-31-33-40(43)47-37-39(38-49-51(45,46)48-36-35-42)50-41(44)34-32-30-28-26-24-22-20-18-16-14-12-10-8-6-4-2/h39H,3-6,11-38,42H2,1-2H3,(H,45,46)/t39-/m1/s1. The smallest absolute Gasteiger partial charge is 0.462 e. The second-order valence-corrected chi connectivity index (χ2v) is 14.9. The van der Waals surface area contributed by atoms with Crippen LogP contribution in [0.15, 0.2) is 0 Å². The third-order valence-corrected chi connectivity index (χ3v) is 9.37. The minimum atomic E-state index is -4.38. The predicted octanol–water partition coefficient (Wildman–Crippen LogP) is 10.5. The van der Waals surface area contributed by atoms with Crippen LogP contribution in [-0.2, 0) is 32.7 Å². The molecule has 10 heteroatoms. The Morgan fingerprint density at radius 3 is 1.39 bits per heavy atom. The van der Waals surface area contributed by atoms with E-state index in [1.807, 2.05) is 0 Å². The number of hydrogen-bond donors (Lipinski definition) is 2. The number of nitrogens with two attached hydrogens (primary N) is 1. The summed E-state index contributed by atoms with van der Waals surface area (Å²) in [5.74, 6) is 12.1. The molecule has 0 bridgehead atoms. The zero-order valence-electron chi connectivity index (χ0n) is 32.5. The molecular formula is C41H74NO8P. The van der Waals surface area contributed by atoms with Crippen molar-refractivity contribution in [3.05, 3.63) is 0 Å². The van der Waals surface area contributed by atoms with Crippen molar-refractivity contribution in [2.45, 2.75) is 200 Å². The number of unbranched alkanes of at least 4 members (excludes halogenated alkanes) is 22. The molecule has 9 nitrogen and oxygen atoms in total. The van der Waals surface area contributed by atoms with Crippen LogP contribution in [0.25, 0.3) is 0 Å². The fourth-order valence-electron chi connectivity index (χ4n) is 5.40. The molecule has 0 aliphatic carbocycles. The lowest BCUT2D eigenvalue weighted by Gasteiger charge is -2.19. The lowest BCUT2D eigenvalue weighted by molar-refractivity contribution is -0.161. The Balaban J connectivity index is 4.16. The third kappa shape index (κ3) is 37.7. The fraction of sp³-hybridized carbons (Fsp3) is 0.854. The molecule has 0 aliphatic heterocycles. The van der Waals surface area contributed by atoms with Crippen LogP contribution in [0.5, 0.6) is 0 Å². The molecule has 0 aromatic heterocycles. The minimum absolute atomic E-state index is 0.0505. The molecule has 0 aliphatic rings. The number of ether oxygens (including phenoxy) is 2. The van der Waals surface area contributed by atoms with Crippen molar-refractivity contribution >= 4 is 19.8 Å². The fourth-order valence-corrected chi connectivity index (χ4v) is 6.16. The molecule has 0 saturated heterocycles. The Morgan fingerprint density at radius 1 is 0.569 bits per heavy atom. The number of carbonyl (C=O) groups is 2. The highest BCUT2D eigenvalue weighted by Crippen LogP contribution is 2.43. The van der Waals surface area contributed by atoms with Gasteiger partial charge in [-0.1, -0.05) is 117 Å². The molecule has 0 aromatic carbocycles. The molecule has 1 unspecified atom stereocenters. The first kappa shape index (κ1) is 49.1. The number of phosphoric acid groups is 1. The van der Waals surface area contributed by atoms with Gasteiger partial charge in [-0.2, -0.15) is 0 Å². The van der Waals surface area contributed by atoms with Gasteiger partial charge in [-0.05, 0) is 38.5 Å². The zero-order chi connectivity index (χ0) is 37.5. The van der Waals surface area contributed by atoms with E-state index in [0.29, 0.717) is 6.42 Å². The molecule has 3 N–H and O–H groups in total. The SMILES string of the molecule is CCCC#CCCCCCCCCCCCCC(=O)OC[C@H](COP(=O)(O)OCCN)OC(=O)CCCCCCCCCCCCC#CCCC. The van der Waals surface area contributed by atoms with Crippen molar-refractivity contribution in [2.75, 3.05) is 26.4 Å². The normalized spacial score (nSPS) is 12.6. The minimum Gasteiger partial charge on any atom is -0.462 e. The maximum absolute atomic E-state index is 12.5. The first-order chi connectivity index (χ1) is 24.8. The summed E-state index contributed by atoms with van der Waals surface area (Å²) in [6.45, 7) is 3.52. The van der Waals surface area contributed by atoms with Gasteiger partial charge in [-0.25, -0.2) is 4.57 Å². The summed E-state index contributed by atoms with van der Waals surface area (Å²) in [7, 11) is -4.38. The van der Waals surface area contributed by atoms with E-state index < -0.39 is 32.5 Å². The first-order valence-corrected chi connectivity index (χ1v) is 21.9. The molecule has 0 amide bonds. The summed E-state index contributed by atoms with van der Waals surface area (Å²) in [4.78, 5) is 34.8. The Hall–Kier alpha value is -1.87. The van der Waals surface area contributed by atoms with Gasteiger partial charge in [0.15, 0.2) is 6.10 Å². The Kier molecular flexibility index (Phi) is 36.5. The van der Waals surface area contributed by atoms with Gasteiger partial charge in [0.25, 0.3) is 0 Å². The van der Waals surface area contributed by atoms with Crippen molar-refractivity contribution < 1.29 is 37.6 Å². The van der Waals surface area contributed by atoms with Crippen molar-refractivity contribution in [1.82, 2.24) is 0 Å². The highest BCUT2D eigenvalue weighted by atomic mass is 31.2. The van der Waals surface area contributed by atoms with Crippen LogP contribution >= 0.6 is 7.82 Å². The molecule has 0 saturated carbocycles. The largest absolute Gasteiger partial charge is 0.472 e. The number of carbonyl (C=O) groups excluding carboxylic acids is 2. The Labute approximate surface area is 312 Å². The average molecular weight is 740 g/mol. The summed E-state index contributed by atoms with van der Waals surface area (Å²) >= 11 is 0. The van der Waals surface area contributed by atoms with Crippen molar-refractivity contribution in [3.8, 4) is 23.7 Å². The maximum Gasteiger partial charge on any atom is 0.472 e. The number of esters is 2. The zero-order valence-corrected chi connectivity index (χ0v) is 33.4. The van der Waals surface area contributed by atoms with E-state index in [0.717, 1.165) is 83.5 Å². The molecule has 0 heterocycles. The summed E-state index contributed by atoms with van der Waals surface area (Å²) in [5.41, 5.74) is 5.34. The number of phosphoric ester groups is 1. The second kappa shape index (κ2) is 37.9. The highest BCUT2D eigenvalue weighted by Gasteiger charge is 2.26. The van der Waals surface area contributed by atoms with Crippen molar-refractivity contribution in [1.29, 1.82) is 0 Å². The monoisotopic (exact) mass is 740 g/mol. The average Bonchev–Trinajstić information content (AvgIpc) is 3.11. The van der Waals surface area contributed by atoms with Crippen LogP contribution in [0.4, 0.5) is 0 Å². The summed E-state index contributed by atoms with van der Waals surface area (Å²) in [6, 6.07) is 0. The second-order valence-electron chi connectivity index (χ2n) is 13.5. The van der Waals surface area contributed by atoms with Gasteiger partial charge in [-0.3, -0.25) is 18.6 Å². The molecule has 296 valence electrons. The van der Waals surface area contributed by atoms with Crippen molar-refractivity contribution in [3.63, 3.8) is 0 Å². The number of rotatable bonds is 35. The molecule has 0 rings (SSSR count). The summed E-state index contributed by atoms with van der Waals surface area (Å²) in [5, 5.41) is 0. The van der Waals surface area contributed by atoms with E-state index in [2.05, 4.69) is 37.5 Å². The molecule has 0 aromatic rings. The predicted molar refractivity (Wildman–Crippen MR) is 208 cm³/mol. The topological polar surface area (TPSA) is 134 Å².